The van der Waals surface area contributed by atoms with Crippen molar-refractivity contribution in [1.82, 2.24) is 20.1 Å². The average molecular weight is 336 g/mol. The van der Waals surface area contributed by atoms with Crippen LogP contribution < -0.4 is 11.1 Å². The maximum absolute atomic E-state index is 12.0. The van der Waals surface area contributed by atoms with Gasteiger partial charge in [0.2, 0.25) is 5.91 Å². The summed E-state index contributed by atoms with van der Waals surface area (Å²) in [7, 11) is 0. The minimum atomic E-state index is 0. The van der Waals surface area contributed by atoms with Crippen LogP contribution in [0.25, 0.3) is 5.69 Å². The zero-order valence-corrected chi connectivity index (χ0v) is 13.7. The first kappa shape index (κ1) is 17.4. The van der Waals surface area contributed by atoms with Crippen LogP contribution in [0.3, 0.4) is 0 Å². The van der Waals surface area contributed by atoms with Crippen LogP contribution in [0.5, 0.6) is 0 Å². The van der Waals surface area contributed by atoms with E-state index < -0.39 is 0 Å². The van der Waals surface area contributed by atoms with Gasteiger partial charge in [-0.05, 0) is 36.5 Å². The topological polar surface area (TPSA) is 85.8 Å². The number of nitrogens with two attached hydrogens (primary N) is 1. The Bertz CT molecular complexity index is 631. The summed E-state index contributed by atoms with van der Waals surface area (Å²) >= 11 is 0. The van der Waals surface area contributed by atoms with Gasteiger partial charge in [0.05, 0.1) is 5.69 Å². The van der Waals surface area contributed by atoms with Crippen molar-refractivity contribution in [3.8, 4) is 5.69 Å². The number of hydrogen-bond donors (Lipinski definition) is 2. The molecule has 6 nitrogen and oxygen atoms in total. The fraction of sp³-hybridized carbons (Fsp3) is 0.438. The van der Waals surface area contributed by atoms with Crippen LogP contribution in [0.1, 0.15) is 31.2 Å². The van der Waals surface area contributed by atoms with Crippen molar-refractivity contribution < 1.29 is 4.79 Å². The lowest BCUT2D eigenvalue weighted by Crippen LogP contribution is -2.31. The highest BCUT2D eigenvalue weighted by atomic mass is 35.5. The summed E-state index contributed by atoms with van der Waals surface area (Å²) in [4.78, 5) is 16.0. The van der Waals surface area contributed by atoms with Gasteiger partial charge in [0.15, 0.2) is 0 Å². The maximum atomic E-state index is 12.0. The van der Waals surface area contributed by atoms with E-state index in [2.05, 4.69) is 15.4 Å². The number of aromatic nitrogens is 3. The third kappa shape index (κ3) is 4.53. The molecule has 0 spiro atoms. The van der Waals surface area contributed by atoms with Crippen LogP contribution in [0.4, 0.5) is 0 Å². The summed E-state index contributed by atoms with van der Waals surface area (Å²) in [5, 5.41) is 7.08. The minimum Gasteiger partial charge on any atom is -0.352 e. The average Bonchev–Trinajstić information content (AvgIpc) is 3.18. The number of halogens is 1. The quantitative estimate of drug-likeness (QED) is 0.872. The van der Waals surface area contributed by atoms with Gasteiger partial charge >= 0.3 is 0 Å². The van der Waals surface area contributed by atoms with Crippen molar-refractivity contribution >= 4 is 18.3 Å². The molecule has 1 amide bonds. The van der Waals surface area contributed by atoms with E-state index in [1.54, 1.807) is 11.0 Å². The molecule has 3 N–H and O–H groups in total. The molecule has 3 rings (SSSR count). The van der Waals surface area contributed by atoms with E-state index in [4.69, 9.17) is 5.73 Å². The first-order valence-electron chi connectivity index (χ1n) is 7.68. The Balaban J connectivity index is 0.00000192. The Morgan fingerprint density at radius 1 is 1.39 bits per heavy atom. The van der Waals surface area contributed by atoms with E-state index in [9.17, 15) is 4.79 Å². The number of amides is 1. The summed E-state index contributed by atoms with van der Waals surface area (Å²) in [5.41, 5.74) is 7.98. The molecule has 0 radical (unpaired) electrons. The molecule has 0 aliphatic heterocycles. The van der Waals surface area contributed by atoms with Crippen molar-refractivity contribution in [3.63, 3.8) is 0 Å². The second-order valence-electron chi connectivity index (χ2n) is 5.85. The summed E-state index contributed by atoms with van der Waals surface area (Å²) in [6.45, 7) is 0.517. The van der Waals surface area contributed by atoms with E-state index in [0.717, 1.165) is 30.5 Å². The number of nitrogens with zero attached hydrogens (tertiary/aromatic N) is 3. The van der Waals surface area contributed by atoms with Crippen molar-refractivity contribution in [1.29, 1.82) is 0 Å². The summed E-state index contributed by atoms with van der Waals surface area (Å²) in [6, 6.07) is 8.07. The number of nitrogens with one attached hydrogen (secondary N) is 1. The zero-order chi connectivity index (χ0) is 15.4. The molecule has 1 aliphatic rings. The SMILES string of the molecule is Cl.N[C@@H]1CCC[C@H]1CC(=O)NCc1cccc(-n2cncn2)c1. The highest BCUT2D eigenvalue weighted by Gasteiger charge is 2.25. The standard InChI is InChI=1S/C16H21N5O.ClH/c17-15-6-2-4-13(15)8-16(22)19-9-12-3-1-5-14(7-12)21-11-18-10-20-21;/h1,3,5,7,10-11,13,15H,2,4,6,8-9,17H2,(H,19,22);1H/t13-,15+;/m0./s1. The molecule has 0 bridgehead atoms. The fourth-order valence-corrected chi connectivity index (χ4v) is 2.98. The van der Waals surface area contributed by atoms with Crippen LogP contribution in [-0.2, 0) is 11.3 Å². The van der Waals surface area contributed by atoms with E-state index in [1.165, 1.54) is 6.33 Å². The molecule has 0 saturated heterocycles. The third-order valence-corrected chi connectivity index (χ3v) is 4.25. The Kier molecular flexibility index (Phi) is 6.12. The monoisotopic (exact) mass is 335 g/mol. The normalized spacial score (nSPS) is 20.0. The Morgan fingerprint density at radius 3 is 2.96 bits per heavy atom. The summed E-state index contributed by atoms with van der Waals surface area (Å²) < 4.78 is 1.70. The Hall–Kier alpha value is -1.92. The van der Waals surface area contributed by atoms with Crippen LogP contribution in [0.2, 0.25) is 0 Å². The largest absolute Gasteiger partial charge is 0.352 e. The Morgan fingerprint density at radius 2 is 2.26 bits per heavy atom. The summed E-state index contributed by atoms with van der Waals surface area (Å²) in [6.07, 6.45) is 6.93. The fourth-order valence-electron chi connectivity index (χ4n) is 2.98. The molecule has 23 heavy (non-hydrogen) atoms. The van der Waals surface area contributed by atoms with Gasteiger partial charge in [0.1, 0.15) is 12.7 Å². The molecular formula is C16H22ClN5O. The lowest BCUT2D eigenvalue weighted by Gasteiger charge is -2.15. The minimum absolute atomic E-state index is 0. The first-order valence-corrected chi connectivity index (χ1v) is 7.68. The second kappa shape index (κ2) is 8.08. The molecule has 2 aromatic rings. The van der Waals surface area contributed by atoms with Gasteiger partial charge in [-0.3, -0.25) is 4.79 Å². The van der Waals surface area contributed by atoms with Crippen LogP contribution >= 0.6 is 12.4 Å². The van der Waals surface area contributed by atoms with E-state index in [1.807, 2.05) is 24.3 Å². The van der Waals surface area contributed by atoms with Crippen LogP contribution in [0, 0.1) is 5.92 Å². The molecule has 1 aromatic heterocycles. The number of hydrogen-bond acceptors (Lipinski definition) is 4. The maximum Gasteiger partial charge on any atom is 0.220 e. The second-order valence-corrected chi connectivity index (χ2v) is 5.85. The molecule has 1 heterocycles. The van der Waals surface area contributed by atoms with Crippen molar-refractivity contribution in [2.75, 3.05) is 0 Å². The van der Waals surface area contributed by atoms with E-state index >= 15 is 0 Å². The molecule has 0 unspecified atom stereocenters. The van der Waals surface area contributed by atoms with Crippen molar-refractivity contribution in [3.05, 3.63) is 42.5 Å². The molecule has 7 heteroatoms. The van der Waals surface area contributed by atoms with Crippen molar-refractivity contribution in [2.24, 2.45) is 11.7 Å². The highest BCUT2D eigenvalue weighted by molar-refractivity contribution is 5.85. The Labute approximate surface area is 141 Å². The number of carbonyl (C=O) groups is 1. The van der Waals surface area contributed by atoms with Gasteiger partial charge in [-0.2, -0.15) is 5.10 Å². The van der Waals surface area contributed by atoms with Crippen LogP contribution in [0.15, 0.2) is 36.9 Å². The molecule has 1 saturated carbocycles. The third-order valence-electron chi connectivity index (χ3n) is 4.25. The van der Waals surface area contributed by atoms with Gasteiger partial charge in [0, 0.05) is 19.0 Å². The van der Waals surface area contributed by atoms with Gasteiger partial charge < -0.3 is 11.1 Å². The predicted octanol–water partition coefficient (Wildman–Crippen LogP) is 1.82. The lowest BCUT2D eigenvalue weighted by atomic mass is 10.00. The highest BCUT2D eigenvalue weighted by Crippen LogP contribution is 2.26. The van der Waals surface area contributed by atoms with Gasteiger partial charge in [0.25, 0.3) is 0 Å². The molecule has 2 atom stereocenters. The molecular weight excluding hydrogens is 314 g/mol. The molecule has 1 fully saturated rings. The number of carbonyl (C=O) groups excluding carboxylic acids is 1. The van der Waals surface area contributed by atoms with Gasteiger partial charge in [-0.1, -0.05) is 18.6 Å². The predicted molar refractivity (Wildman–Crippen MR) is 90.4 cm³/mol. The van der Waals surface area contributed by atoms with Gasteiger partial charge in [-0.25, -0.2) is 9.67 Å². The lowest BCUT2D eigenvalue weighted by molar-refractivity contribution is -0.122. The smallest absolute Gasteiger partial charge is 0.220 e. The zero-order valence-electron chi connectivity index (χ0n) is 12.9. The molecule has 1 aromatic carbocycles. The van der Waals surface area contributed by atoms with E-state index in [-0.39, 0.29) is 24.4 Å². The van der Waals surface area contributed by atoms with Gasteiger partial charge in [-0.15, -0.1) is 12.4 Å². The number of benzene rings is 1. The van der Waals surface area contributed by atoms with Crippen molar-refractivity contribution in [2.45, 2.75) is 38.3 Å². The number of rotatable bonds is 5. The first-order chi connectivity index (χ1) is 10.7. The summed E-state index contributed by atoms with van der Waals surface area (Å²) in [5.74, 6) is 0.412. The van der Waals surface area contributed by atoms with E-state index in [0.29, 0.717) is 18.9 Å². The molecule has 1 aliphatic carbocycles. The van der Waals surface area contributed by atoms with Crippen LogP contribution in [-0.4, -0.2) is 26.7 Å². The molecule has 124 valence electrons.